The number of carbonyl (C=O) groups is 1. The third-order valence-electron chi connectivity index (χ3n) is 3.77. The van der Waals surface area contributed by atoms with Crippen molar-refractivity contribution in [3.63, 3.8) is 0 Å². The first-order valence-electron chi connectivity index (χ1n) is 7.48. The van der Waals surface area contributed by atoms with Gasteiger partial charge in [0, 0.05) is 7.11 Å². The van der Waals surface area contributed by atoms with Crippen LogP contribution in [0.4, 0.5) is 0 Å². The average molecular weight is 309 g/mol. The van der Waals surface area contributed by atoms with Crippen LogP contribution in [0.25, 0.3) is 11.0 Å². The number of ether oxygens (including phenoxy) is 1. The van der Waals surface area contributed by atoms with Crippen LogP contribution in [-0.2, 0) is 16.1 Å². The largest absolute Gasteiger partial charge is 0.367 e. The number of hydrogen-bond donors (Lipinski definition) is 2. The topological polar surface area (TPSA) is 67.0 Å². The van der Waals surface area contributed by atoms with Crippen LogP contribution in [0, 0.1) is 6.92 Å². The van der Waals surface area contributed by atoms with Crippen LogP contribution in [-0.4, -0.2) is 23.0 Å². The Balaban J connectivity index is 1.71. The van der Waals surface area contributed by atoms with Crippen LogP contribution in [0.5, 0.6) is 0 Å². The van der Waals surface area contributed by atoms with E-state index in [1.807, 2.05) is 55.5 Å². The van der Waals surface area contributed by atoms with Crippen LogP contribution in [0.2, 0.25) is 0 Å². The van der Waals surface area contributed by atoms with E-state index in [4.69, 9.17) is 4.74 Å². The first-order chi connectivity index (χ1) is 11.2. The summed E-state index contributed by atoms with van der Waals surface area (Å²) in [6.07, 6.45) is -0.623. The Bertz CT molecular complexity index is 812. The van der Waals surface area contributed by atoms with E-state index in [-0.39, 0.29) is 5.91 Å². The molecular formula is C18H19N3O2. The fourth-order valence-electron chi connectivity index (χ4n) is 2.60. The molecule has 0 aliphatic rings. The van der Waals surface area contributed by atoms with Crippen molar-refractivity contribution in [2.75, 3.05) is 7.11 Å². The number of para-hydroxylation sites is 1. The molecule has 0 radical (unpaired) electrons. The molecule has 5 heteroatoms. The Morgan fingerprint density at radius 1 is 1.22 bits per heavy atom. The molecule has 0 saturated heterocycles. The highest BCUT2D eigenvalue weighted by molar-refractivity contribution is 5.82. The zero-order valence-electron chi connectivity index (χ0n) is 13.2. The molecule has 0 aliphatic carbocycles. The maximum atomic E-state index is 12.4. The fourth-order valence-corrected chi connectivity index (χ4v) is 2.60. The second-order valence-corrected chi connectivity index (χ2v) is 5.40. The van der Waals surface area contributed by atoms with Crippen molar-refractivity contribution in [3.05, 3.63) is 65.5 Å². The van der Waals surface area contributed by atoms with Gasteiger partial charge in [0.15, 0.2) is 6.10 Å². The highest BCUT2D eigenvalue weighted by Crippen LogP contribution is 2.17. The van der Waals surface area contributed by atoms with Crippen molar-refractivity contribution in [2.45, 2.75) is 19.6 Å². The van der Waals surface area contributed by atoms with Crippen LogP contribution in [0.15, 0.2) is 48.5 Å². The predicted molar refractivity (Wildman–Crippen MR) is 88.9 cm³/mol. The van der Waals surface area contributed by atoms with Crippen molar-refractivity contribution in [3.8, 4) is 0 Å². The Morgan fingerprint density at radius 3 is 2.70 bits per heavy atom. The monoisotopic (exact) mass is 309 g/mol. The van der Waals surface area contributed by atoms with Gasteiger partial charge in [-0.1, -0.05) is 42.5 Å². The summed E-state index contributed by atoms with van der Waals surface area (Å²) in [5.74, 6) is 0.543. The van der Waals surface area contributed by atoms with Gasteiger partial charge in [-0.3, -0.25) is 4.79 Å². The van der Waals surface area contributed by atoms with E-state index in [0.29, 0.717) is 6.54 Å². The minimum absolute atomic E-state index is 0.184. The number of aromatic amines is 1. The lowest BCUT2D eigenvalue weighted by Crippen LogP contribution is -2.30. The van der Waals surface area contributed by atoms with Gasteiger partial charge >= 0.3 is 0 Å². The maximum absolute atomic E-state index is 12.4. The molecule has 0 saturated carbocycles. The molecule has 3 aromatic rings. The molecule has 0 spiro atoms. The number of nitrogens with zero attached hydrogens (tertiary/aromatic N) is 1. The molecular weight excluding hydrogens is 290 g/mol. The number of aromatic nitrogens is 2. The fraction of sp³-hybridized carbons (Fsp3) is 0.222. The molecule has 1 atom stereocenters. The molecule has 0 bridgehead atoms. The average Bonchev–Trinajstić information content (AvgIpc) is 2.99. The Labute approximate surface area is 134 Å². The van der Waals surface area contributed by atoms with Crippen LogP contribution in [0.1, 0.15) is 23.1 Å². The SMILES string of the molecule is CO[C@@H](C(=O)NCc1nc2c(C)cccc2[nH]1)c1ccccc1. The van der Waals surface area contributed by atoms with E-state index >= 15 is 0 Å². The summed E-state index contributed by atoms with van der Waals surface area (Å²) in [4.78, 5) is 20.1. The van der Waals surface area contributed by atoms with Gasteiger partial charge in [0.25, 0.3) is 5.91 Å². The number of carbonyl (C=O) groups excluding carboxylic acids is 1. The second-order valence-electron chi connectivity index (χ2n) is 5.40. The number of hydrogen-bond acceptors (Lipinski definition) is 3. The lowest BCUT2D eigenvalue weighted by molar-refractivity contribution is -0.131. The number of H-pyrrole nitrogens is 1. The summed E-state index contributed by atoms with van der Waals surface area (Å²) in [6, 6.07) is 15.4. The van der Waals surface area contributed by atoms with Crippen LogP contribution in [0.3, 0.4) is 0 Å². The summed E-state index contributed by atoms with van der Waals surface area (Å²) in [5, 5.41) is 2.87. The van der Waals surface area contributed by atoms with E-state index in [1.54, 1.807) is 0 Å². The smallest absolute Gasteiger partial charge is 0.254 e. The number of benzene rings is 2. The summed E-state index contributed by atoms with van der Waals surface area (Å²) in [7, 11) is 1.53. The molecule has 1 heterocycles. The molecule has 1 aromatic heterocycles. The molecule has 3 rings (SSSR count). The Morgan fingerprint density at radius 2 is 2.00 bits per heavy atom. The second kappa shape index (κ2) is 6.62. The number of imidazole rings is 1. The summed E-state index contributed by atoms with van der Waals surface area (Å²) >= 11 is 0. The highest BCUT2D eigenvalue weighted by Gasteiger charge is 2.19. The molecule has 0 aliphatic heterocycles. The highest BCUT2D eigenvalue weighted by atomic mass is 16.5. The van der Waals surface area contributed by atoms with Gasteiger partial charge in [0.1, 0.15) is 5.82 Å². The number of aryl methyl sites for hydroxylation is 1. The van der Waals surface area contributed by atoms with Gasteiger partial charge in [-0.25, -0.2) is 4.98 Å². The first-order valence-corrected chi connectivity index (χ1v) is 7.48. The van der Waals surface area contributed by atoms with Gasteiger partial charge in [0.05, 0.1) is 17.6 Å². The van der Waals surface area contributed by atoms with E-state index in [1.165, 1.54) is 7.11 Å². The third kappa shape index (κ3) is 3.24. The molecule has 2 N–H and O–H groups in total. The van der Waals surface area contributed by atoms with E-state index in [9.17, 15) is 4.79 Å². The van der Waals surface area contributed by atoms with Gasteiger partial charge in [-0.15, -0.1) is 0 Å². The van der Waals surface area contributed by atoms with Gasteiger partial charge < -0.3 is 15.0 Å². The zero-order chi connectivity index (χ0) is 16.2. The van der Waals surface area contributed by atoms with Gasteiger partial charge in [0.2, 0.25) is 0 Å². The van der Waals surface area contributed by atoms with Crippen molar-refractivity contribution in [1.29, 1.82) is 0 Å². The zero-order valence-corrected chi connectivity index (χ0v) is 13.2. The lowest BCUT2D eigenvalue weighted by Gasteiger charge is -2.15. The van der Waals surface area contributed by atoms with Gasteiger partial charge in [-0.2, -0.15) is 0 Å². The molecule has 0 fully saturated rings. The normalized spacial score (nSPS) is 12.3. The van der Waals surface area contributed by atoms with Crippen LogP contribution >= 0.6 is 0 Å². The van der Waals surface area contributed by atoms with Crippen molar-refractivity contribution in [2.24, 2.45) is 0 Å². The third-order valence-corrected chi connectivity index (χ3v) is 3.77. The van der Waals surface area contributed by atoms with E-state index in [2.05, 4.69) is 15.3 Å². The Hall–Kier alpha value is -2.66. The van der Waals surface area contributed by atoms with E-state index in [0.717, 1.165) is 28.0 Å². The van der Waals surface area contributed by atoms with Crippen molar-refractivity contribution >= 4 is 16.9 Å². The van der Waals surface area contributed by atoms with Crippen molar-refractivity contribution in [1.82, 2.24) is 15.3 Å². The minimum atomic E-state index is -0.623. The summed E-state index contributed by atoms with van der Waals surface area (Å²) in [5.41, 5.74) is 3.84. The number of fused-ring (bicyclic) bond motifs is 1. The number of amides is 1. The summed E-state index contributed by atoms with van der Waals surface area (Å²) < 4.78 is 5.32. The van der Waals surface area contributed by atoms with Gasteiger partial charge in [-0.05, 0) is 24.1 Å². The summed E-state index contributed by atoms with van der Waals surface area (Å²) in [6.45, 7) is 2.35. The number of methoxy groups -OCH3 is 1. The maximum Gasteiger partial charge on any atom is 0.254 e. The minimum Gasteiger partial charge on any atom is -0.367 e. The Kier molecular flexibility index (Phi) is 4.39. The lowest BCUT2D eigenvalue weighted by atomic mass is 10.1. The standard InChI is InChI=1S/C18H19N3O2/c1-12-7-6-10-14-16(12)21-15(20-14)11-19-18(22)17(23-2)13-8-4-3-5-9-13/h3-10,17H,11H2,1-2H3,(H,19,22)(H,20,21)/t17-/m1/s1. The number of rotatable bonds is 5. The molecule has 2 aromatic carbocycles. The molecule has 23 heavy (non-hydrogen) atoms. The molecule has 1 amide bonds. The molecule has 5 nitrogen and oxygen atoms in total. The number of nitrogens with one attached hydrogen (secondary N) is 2. The first kappa shape index (κ1) is 15.2. The van der Waals surface area contributed by atoms with Crippen LogP contribution < -0.4 is 5.32 Å². The predicted octanol–water partition coefficient (Wildman–Crippen LogP) is 2.88. The quantitative estimate of drug-likeness (QED) is 0.761. The van der Waals surface area contributed by atoms with E-state index < -0.39 is 6.10 Å². The van der Waals surface area contributed by atoms with Crippen molar-refractivity contribution < 1.29 is 9.53 Å². The molecule has 118 valence electrons. The molecule has 0 unspecified atom stereocenters.